The average Bonchev–Trinajstić information content (AvgIpc) is 3.78. The molecule has 1 fully saturated rings. The van der Waals surface area contributed by atoms with E-state index in [1.165, 1.54) is 12.7 Å². The van der Waals surface area contributed by atoms with Crippen LogP contribution in [-0.4, -0.2) is 89.1 Å². The zero-order valence-electron chi connectivity index (χ0n) is 32.7. The lowest BCUT2D eigenvalue weighted by molar-refractivity contribution is -0.0919. The van der Waals surface area contributed by atoms with Crippen LogP contribution in [-0.2, 0) is 24.1 Å². The molecule has 1 saturated heterocycles. The van der Waals surface area contributed by atoms with E-state index in [1.807, 2.05) is 107 Å². The molecule has 13 nitrogen and oxygen atoms in total. The van der Waals surface area contributed by atoms with Crippen LogP contribution in [0.5, 0.6) is 11.5 Å². The number of hydrogen-bond donors (Lipinski definition) is 1. The predicted octanol–water partition coefficient (Wildman–Crippen LogP) is 7.79. The van der Waals surface area contributed by atoms with Gasteiger partial charge in [0.05, 0.1) is 46.3 Å². The Labute approximate surface area is 328 Å². The number of hydrogen-bond acceptors (Lipinski definition) is 12. The number of imidazole rings is 1. The minimum atomic E-state index is -1.86. The van der Waals surface area contributed by atoms with Crippen molar-refractivity contribution < 1.29 is 32.4 Å². The summed E-state index contributed by atoms with van der Waals surface area (Å²) < 4.78 is 59.0. The standard InChI is InChI=1S/C41H49FN7O6P/c1-27(2)49(28(3)4)56(53-23-11-22-43)55-37-34(54-40(35(37)42)48-26-47-36-38(44-5)45-25-46-39(36)48)24-52-41(29-12-9-8-10-13-29,30-14-18-32(50-6)19-15-30)31-16-20-33(51-7)21-17-31/h8-10,12-21,25-28,34-35,37,40H,11,23-24H2,1-7H3,(H,44,45,46)/t34-,35?,37?,40-,56?/m1/s1. The Hall–Kier alpha value is -4.74. The number of ether oxygens (including phenoxy) is 4. The predicted molar refractivity (Wildman–Crippen MR) is 212 cm³/mol. The van der Waals surface area contributed by atoms with E-state index in [4.69, 9.17) is 28.0 Å². The third-order valence-corrected chi connectivity index (χ3v) is 11.8. The monoisotopic (exact) mass is 785 g/mol. The maximum Gasteiger partial charge on any atom is 0.259 e. The highest BCUT2D eigenvalue weighted by Gasteiger charge is 2.51. The van der Waals surface area contributed by atoms with Crippen LogP contribution in [0.2, 0.25) is 0 Å². The number of aromatic nitrogens is 4. The van der Waals surface area contributed by atoms with Crippen LogP contribution in [0, 0.1) is 11.3 Å². The summed E-state index contributed by atoms with van der Waals surface area (Å²) in [6, 6.07) is 27.3. The third-order valence-electron chi connectivity index (χ3n) is 9.65. The summed E-state index contributed by atoms with van der Waals surface area (Å²) >= 11 is 0. The van der Waals surface area contributed by atoms with Crippen molar-refractivity contribution in [3.05, 3.63) is 108 Å². The van der Waals surface area contributed by atoms with E-state index in [9.17, 15) is 5.26 Å². The number of nitrogens with zero attached hydrogens (tertiary/aromatic N) is 6. The molecule has 56 heavy (non-hydrogen) atoms. The molecule has 0 amide bonds. The van der Waals surface area contributed by atoms with Gasteiger partial charge in [-0.05, 0) is 68.7 Å². The summed E-state index contributed by atoms with van der Waals surface area (Å²) in [6.07, 6.45) is -1.98. The minimum Gasteiger partial charge on any atom is -0.497 e. The van der Waals surface area contributed by atoms with E-state index < -0.39 is 38.7 Å². The maximum absolute atomic E-state index is 17.4. The molecule has 1 N–H and O–H groups in total. The van der Waals surface area contributed by atoms with Gasteiger partial charge in [-0.25, -0.2) is 24.0 Å². The summed E-state index contributed by atoms with van der Waals surface area (Å²) in [6.45, 7) is 8.13. The van der Waals surface area contributed by atoms with E-state index in [-0.39, 0.29) is 31.7 Å². The highest BCUT2D eigenvalue weighted by atomic mass is 31.2. The molecule has 6 rings (SSSR count). The van der Waals surface area contributed by atoms with Gasteiger partial charge >= 0.3 is 0 Å². The molecule has 2 aromatic heterocycles. The molecule has 5 atom stereocenters. The van der Waals surface area contributed by atoms with Gasteiger partial charge in [-0.15, -0.1) is 0 Å². The van der Waals surface area contributed by atoms with Crippen LogP contribution in [0.25, 0.3) is 11.2 Å². The van der Waals surface area contributed by atoms with Gasteiger partial charge in [0.15, 0.2) is 23.9 Å². The molecule has 0 bridgehead atoms. The van der Waals surface area contributed by atoms with Crippen molar-refractivity contribution in [1.82, 2.24) is 24.2 Å². The highest BCUT2D eigenvalue weighted by Crippen LogP contribution is 2.51. The summed E-state index contributed by atoms with van der Waals surface area (Å²) in [7, 11) is 3.11. The van der Waals surface area contributed by atoms with E-state index in [2.05, 4.69) is 31.0 Å². The summed E-state index contributed by atoms with van der Waals surface area (Å²) in [5, 5.41) is 12.4. The fourth-order valence-corrected chi connectivity index (χ4v) is 8.84. The van der Waals surface area contributed by atoms with Gasteiger partial charge in [-0.2, -0.15) is 5.26 Å². The van der Waals surface area contributed by atoms with Gasteiger partial charge in [0.1, 0.15) is 41.2 Å². The molecular weight excluding hydrogens is 736 g/mol. The number of nitrogens with one attached hydrogen (secondary N) is 1. The summed E-state index contributed by atoms with van der Waals surface area (Å²) in [5.74, 6) is 1.87. The van der Waals surface area contributed by atoms with Gasteiger partial charge in [0.25, 0.3) is 8.53 Å². The topological polar surface area (TPSA) is 138 Å². The van der Waals surface area contributed by atoms with Gasteiger partial charge in [-0.3, -0.25) is 4.57 Å². The molecule has 0 spiro atoms. The summed E-state index contributed by atoms with van der Waals surface area (Å²) in [5.41, 5.74) is 2.11. The van der Waals surface area contributed by atoms with Gasteiger partial charge in [0, 0.05) is 19.1 Å². The lowest BCUT2D eigenvalue weighted by Gasteiger charge is -2.39. The number of fused-ring (bicyclic) bond motifs is 1. The Bertz CT molecular complexity index is 1990. The number of alkyl halides is 1. The highest BCUT2D eigenvalue weighted by molar-refractivity contribution is 7.44. The van der Waals surface area contributed by atoms with E-state index >= 15 is 4.39 Å². The van der Waals surface area contributed by atoms with E-state index in [1.54, 1.807) is 25.8 Å². The Kier molecular flexibility index (Phi) is 13.5. The van der Waals surface area contributed by atoms with Crippen molar-refractivity contribution >= 4 is 25.5 Å². The van der Waals surface area contributed by atoms with Crippen molar-refractivity contribution in [3.63, 3.8) is 0 Å². The second kappa shape index (κ2) is 18.5. The van der Waals surface area contributed by atoms with Crippen LogP contribution in [0.15, 0.2) is 91.5 Å². The molecule has 3 unspecified atom stereocenters. The van der Waals surface area contributed by atoms with Crippen LogP contribution >= 0.6 is 8.53 Å². The lowest BCUT2D eigenvalue weighted by atomic mass is 9.80. The fourth-order valence-electron chi connectivity index (χ4n) is 7.08. The van der Waals surface area contributed by atoms with Crippen molar-refractivity contribution in [1.29, 1.82) is 5.26 Å². The zero-order valence-corrected chi connectivity index (χ0v) is 33.6. The number of nitriles is 1. The normalized spacial score (nSPS) is 19.1. The quantitative estimate of drug-likeness (QED) is 0.0527. The number of halogens is 1. The Morgan fingerprint density at radius 1 is 0.911 bits per heavy atom. The first-order valence-corrected chi connectivity index (χ1v) is 19.7. The first-order valence-electron chi connectivity index (χ1n) is 18.5. The second-order valence-electron chi connectivity index (χ2n) is 13.7. The Morgan fingerprint density at radius 3 is 2.07 bits per heavy atom. The number of rotatable bonds is 18. The van der Waals surface area contributed by atoms with Crippen LogP contribution in [0.3, 0.4) is 0 Å². The molecule has 0 saturated carbocycles. The largest absolute Gasteiger partial charge is 0.497 e. The SMILES string of the molecule is CNc1ncnc2c1ncn2[C@@H]1O[C@H](COC(c2ccccc2)(c2ccc(OC)cc2)c2ccc(OC)cc2)C(OP(OCCC#N)N(C(C)C)C(C)C)C1F. The molecule has 15 heteroatoms. The van der Waals surface area contributed by atoms with Crippen LogP contribution < -0.4 is 14.8 Å². The lowest BCUT2D eigenvalue weighted by Crippen LogP contribution is -2.41. The van der Waals surface area contributed by atoms with Crippen molar-refractivity contribution in [2.75, 3.05) is 39.8 Å². The van der Waals surface area contributed by atoms with Crippen molar-refractivity contribution in [2.24, 2.45) is 0 Å². The first-order chi connectivity index (χ1) is 27.2. The smallest absolute Gasteiger partial charge is 0.259 e. The minimum absolute atomic E-state index is 0.0146. The Morgan fingerprint density at radius 2 is 1.52 bits per heavy atom. The molecular formula is C41H49FN7O6P. The molecule has 0 aliphatic carbocycles. The zero-order chi connectivity index (χ0) is 39.8. The molecule has 5 aromatic rings. The van der Waals surface area contributed by atoms with Gasteiger partial charge in [-0.1, -0.05) is 54.6 Å². The van der Waals surface area contributed by atoms with Crippen LogP contribution in [0.1, 0.15) is 57.0 Å². The fraction of sp³-hybridized carbons (Fsp3) is 0.415. The van der Waals surface area contributed by atoms with Crippen molar-refractivity contribution in [2.45, 2.75) is 76.4 Å². The number of methoxy groups -OCH3 is 2. The molecule has 0 radical (unpaired) electrons. The molecule has 296 valence electrons. The van der Waals surface area contributed by atoms with Crippen LogP contribution in [0.4, 0.5) is 10.2 Å². The first kappa shape index (κ1) is 40.9. The van der Waals surface area contributed by atoms with E-state index in [0.29, 0.717) is 28.5 Å². The van der Waals surface area contributed by atoms with Crippen molar-refractivity contribution in [3.8, 4) is 17.6 Å². The molecule has 1 aliphatic heterocycles. The number of anilines is 1. The van der Waals surface area contributed by atoms with E-state index in [0.717, 1.165) is 16.7 Å². The maximum atomic E-state index is 17.4. The third kappa shape index (κ3) is 8.34. The second-order valence-corrected chi connectivity index (χ2v) is 15.1. The van der Waals surface area contributed by atoms with Gasteiger partial charge < -0.3 is 33.3 Å². The molecule has 3 heterocycles. The average molecular weight is 786 g/mol. The Balaban J connectivity index is 1.46. The molecule has 3 aromatic carbocycles. The molecule has 1 aliphatic rings. The summed E-state index contributed by atoms with van der Waals surface area (Å²) in [4.78, 5) is 13.2. The van der Waals surface area contributed by atoms with Gasteiger partial charge in [0.2, 0.25) is 0 Å². The number of benzene rings is 3.